The minimum atomic E-state index is -0.510. The Morgan fingerprint density at radius 2 is 2.04 bits per heavy atom. The molecule has 3 amide bonds. The molecule has 0 spiro atoms. The Balaban J connectivity index is 1.79. The molecular weight excluding hydrogens is 298 g/mol. The Bertz CT molecular complexity index is 646. The van der Waals surface area contributed by atoms with Crippen LogP contribution in [0.2, 0.25) is 0 Å². The van der Waals surface area contributed by atoms with Crippen LogP contribution < -0.4 is 5.32 Å². The first-order chi connectivity index (χ1) is 11.1. The fourth-order valence-electron chi connectivity index (χ4n) is 3.08. The van der Waals surface area contributed by atoms with Crippen molar-refractivity contribution in [1.82, 2.24) is 15.1 Å². The molecule has 0 radical (unpaired) electrons. The van der Waals surface area contributed by atoms with E-state index in [0.717, 1.165) is 11.1 Å². The van der Waals surface area contributed by atoms with Crippen molar-refractivity contribution in [2.45, 2.75) is 19.0 Å². The van der Waals surface area contributed by atoms with Crippen LogP contribution in [-0.2, 0) is 27.3 Å². The van der Waals surface area contributed by atoms with Gasteiger partial charge in [0.25, 0.3) is 0 Å². The fourth-order valence-corrected chi connectivity index (χ4v) is 3.08. The summed E-state index contributed by atoms with van der Waals surface area (Å²) in [7, 11) is 1.34. The van der Waals surface area contributed by atoms with Gasteiger partial charge in [0.2, 0.25) is 5.91 Å². The number of hydrogen-bond donors (Lipinski definition) is 1. The molecule has 2 heterocycles. The number of amides is 3. The van der Waals surface area contributed by atoms with E-state index in [1.165, 1.54) is 12.0 Å². The van der Waals surface area contributed by atoms with Crippen LogP contribution in [-0.4, -0.2) is 60.5 Å². The van der Waals surface area contributed by atoms with Crippen LogP contribution in [0.4, 0.5) is 4.79 Å². The number of imide groups is 1. The zero-order valence-electron chi connectivity index (χ0n) is 12.9. The quantitative estimate of drug-likeness (QED) is 0.802. The van der Waals surface area contributed by atoms with Crippen molar-refractivity contribution in [1.29, 1.82) is 0 Å². The molecule has 0 aromatic heterocycles. The molecule has 122 valence electrons. The molecule has 1 fully saturated rings. The van der Waals surface area contributed by atoms with E-state index in [2.05, 4.69) is 5.32 Å². The van der Waals surface area contributed by atoms with Gasteiger partial charge in [0, 0.05) is 19.6 Å². The largest absolute Gasteiger partial charge is 0.468 e. The number of fused-ring (bicyclic) bond motifs is 1. The van der Waals surface area contributed by atoms with Crippen LogP contribution in [0, 0.1) is 0 Å². The lowest BCUT2D eigenvalue weighted by Crippen LogP contribution is -2.51. The standard InChI is InChI=1S/C16H19N3O4/c1-23-15(21)13-8-11-4-2-3-5-12(11)9-18(13)10-14(20)19-7-6-17-16(19)22/h2-5,13H,6-10H2,1H3,(H,17,22)/t13-/m0/s1. The summed E-state index contributed by atoms with van der Waals surface area (Å²) in [6, 6.07) is 6.96. The van der Waals surface area contributed by atoms with Crippen LogP contribution >= 0.6 is 0 Å². The molecule has 23 heavy (non-hydrogen) atoms. The van der Waals surface area contributed by atoms with Crippen molar-refractivity contribution < 1.29 is 19.1 Å². The van der Waals surface area contributed by atoms with Crippen LogP contribution in [0.25, 0.3) is 0 Å². The van der Waals surface area contributed by atoms with Gasteiger partial charge in [0.05, 0.1) is 13.7 Å². The molecule has 1 aromatic rings. The van der Waals surface area contributed by atoms with Gasteiger partial charge in [-0.05, 0) is 17.5 Å². The Hall–Kier alpha value is -2.41. The molecule has 7 heteroatoms. The first-order valence-electron chi connectivity index (χ1n) is 7.57. The second kappa shape index (κ2) is 6.37. The summed E-state index contributed by atoms with van der Waals surface area (Å²) >= 11 is 0. The van der Waals surface area contributed by atoms with E-state index < -0.39 is 6.04 Å². The molecule has 0 unspecified atom stereocenters. The van der Waals surface area contributed by atoms with Crippen molar-refractivity contribution in [3.63, 3.8) is 0 Å². The number of benzene rings is 1. The fraction of sp³-hybridized carbons (Fsp3) is 0.438. The summed E-state index contributed by atoms with van der Waals surface area (Å²) in [5.74, 6) is -0.661. The van der Waals surface area contributed by atoms with Gasteiger partial charge in [-0.1, -0.05) is 24.3 Å². The van der Waals surface area contributed by atoms with Crippen molar-refractivity contribution in [2.24, 2.45) is 0 Å². The van der Waals surface area contributed by atoms with E-state index in [1.54, 1.807) is 4.90 Å². The van der Waals surface area contributed by atoms with E-state index in [9.17, 15) is 14.4 Å². The van der Waals surface area contributed by atoms with E-state index >= 15 is 0 Å². The second-order valence-corrected chi connectivity index (χ2v) is 5.69. The molecule has 1 aromatic carbocycles. The third-order valence-electron chi connectivity index (χ3n) is 4.32. The number of methoxy groups -OCH3 is 1. The molecule has 3 rings (SSSR count). The highest BCUT2D eigenvalue weighted by molar-refractivity contribution is 5.97. The predicted molar refractivity (Wildman–Crippen MR) is 81.5 cm³/mol. The normalized spacial score (nSPS) is 20.8. The Kier molecular flexibility index (Phi) is 4.29. The zero-order valence-corrected chi connectivity index (χ0v) is 12.9. The van der Waals surface area contributed by atoms with Gasteiger partial charge < -0.3 is 10.1 Å². The number of carbonyl (C=O) groups is 3. The lowest BCUT2D eigenvalue weighted by Gasteiger charge is -2.35. The highest BCUT2D eigenvalue weighted by Crippen LogP contribution is 2.24. The van der Waals surface area contributed by atoms with Crippen molar-refractivity contribution in [3.05, 3.63) is 35.4 Å². The van der Waals surface area contributed by atoms with Gasteiger partial charge in [-0.3, -0.25) is 19.4 Å². The number of rotatable bonds is 3. The number of carbonyl (C=O) groups excluding carboxylic acids is 3. The number of esters is 1. The van der Waals surface area contributed by atoms with Crippen LogP contribution in [0.1, 0.15) is 11.1 Å². The van der Waals surface area contributed by atoms with Crippen molar-refractivity contribution in [2.75, 3.05) is 26.7 Å². The highest BCUT2D eigenvalue weighted by Gasteiger charge is 2.35. The van der Waals surface area contributed by atoms with E-state index in [1.807, 2.05) is 24.3 Å². The molecular formula is C16H19N3O4. The summed E-state index contributed by atoms with van der Waals surface area (Å²) in [4.78, 5) is 39.0. The average molecular weight is 317 g/mol. The second-order valence-electron chi connectivity index (χ2n) is 5.69. The van der Waals surface area contributed by atoms with Gasteiger partial charge in [0.15, 0.2) is 0 Å². The number of nitrogens with zero attached hydrogens (tertiary/aromatic N) is 2. The highest BCUT2D eigenvalue weighted by atomic mass is 16.5. The van der Waals surface area contributed by atoms with E-state index in [-0.39, 0.29) is 24.5 Å². The topological polar surface area (TPSA) is 79.0 Å². The van der Waals surface area contributed by atoms with Gasteiger partial charge in [-0.15, -0.1) is 0 Å². The lowest BCUT2D eigenvalue weighted by molar-refractivity contribution is -0.148. The van der Waals surface area contributed by atoms with Gasteiger partial charge >= 0.3 is 12.0 Å². The number of nitrogens with one attached hydrogen (secondary N) is 1. The maximum Gasteiger partial charge on any atom is 0.324 e. The molecule has 1 saturated heterocycles. The lowest BCUT2D eigenvalue weighted by atomic mass is 9.94. The molecule has 0 bridgehead atoms. The third kappa shape index (κ3) is 3.05. The third-order valence-corrected chi connectivity index (χ3v) is 4.32. The minimum absolute atomic E-state index is 0.0154. The summed E-state index contributed by atoms with van der Waals surface area (Å²) < 4.78 is 4.88. The predicted octanol–water partition coefficient (Wildman–Crippen LogP) is 0.138. The summed E-state index contributed by atoms with van der Waals surface area (Å²) in [5, 5.41) is 2.60. The smallest absolute Gasteiger partial charge is 0.324 e. The van der Waals surface area contributed by atoms with Crippen LogP contribution in [0.15, 0.2) is 24.3 Å². The molecule has 0 aliphatic carbocycles. The molecule has 1 atom stereocenters. The Morgan fingerprint density at radius 3 is 2.70 bits per heavy atom. The SMILES string of the molecule is COC(=O)[C@@H]1Cc2ccccc2CN1CC(=O)N1CCNC1=O. The van der Waals surface area contributed by atoms with Gasteiger partial charge in [-0.25, -0.2) is 4.79 Å². The Morgan fingerprint density at radius 1 is 1.30 bits per heavy atom. The first-order valence-corrected chi connectivity index (χ1v) is 7.57. The van der Waals surface area contributed by atoms with E-state index in [0.29, 0.717) is 26.1 Å². The monoisotopic (exact) mass is 317 g/mol. The maximum atomic E-state index is 12.4. The average Bonchev–Trinajstić information content (AvgIpc) is 2.99. The van der Waals surface area contributed by atoms with Crippen LogP contribution in [0.3, 0.4) is 0 Å². The summed E-state index contributed by atoms with van der Waals surface area (Å²) in [5.41, 5.74) is 2.18. The van der Waals surface area contributed by atoms with Gasteiger partial charge in [-0.2, -0.15) is 0 Å². The van der Waals surface area contributed by atoms with Crippen molar-refractivity contribution in [3.8, 4) is 0 Å². The van der Waals surface area contributed by atoms with Crippen LogP contribution in [0.5, 0.6) is 0 Å². The number of hydrogen-bond acceptors (Lipinski definition) is 5. The maximum absolute atomic E-state index is 12.4. The summed E-state index contributed by atoms with van der Waals surface area (Å²) in [6.45, 7) is 1.33. The summed E-state index contributed by atoms with van der Waals surface area (Å²) in [6.07, 6.45) is 0.502. The number of ether oxygens (including phenoxy) is 1. The molecule has 1 N–H and O–H groups in total. The molecule has 2 aliphatic heterocycles. The first kappa shape index (κ1) is 15.5. The van der Waals surface area contributed by atoms with Gasteiger partial charge in [0.1, 0.15) is 6.04 Å². The number of urea groups is 1. The molecule has 0 saturated carbocycles. The van der Waals surface area contributed by atoms with E-state index in [4.69, 9.17) is 4.74 Å². The molecule has 7 nitrogen and oxygen atoms in total. The minimum Gasteiger partial charge on any atom is -0.468 e. The van der Waals surface area contributed by atoms with Crippen molar-refractivity contribution >= 4 is 17.9 Å². The Labute approximate surface area is 134 Å². The zero-order chi connectivity index (χ0) is 16.4. The molecule has 2 aliphatic rings.